The summed E-state index contributed by atoms with van der Waals surface area (Å²) in [5.41, 5.74) is 2.69. The molecule has 3 aromatic rings. The first-order valence-corrected chi connectivity index (χ1v) is 15.5. The van der Waals surface area contributed by atoms with E-state index in [9.17, 15) is 19.7 Å². The summed E-state index contributed by atoms with van der Waals surface area (Å²) >= 11 is 0. The number of hydrogen-bond donors (Lipinski definition) is 0. The van der Waals surface area contributed by atoms with Crippen LogP contribution in [-0.4, -0.2) is 76.9 Å². The number of carbonyl (C=O) groups excluding carboxylic acids is 2. The lowest BCUT2D eigenvalue weighted by Gasteiger charge is -2.38. The number of likely N-dealkylation sites (tertiary alicyclic amines) is 1. The zero-order valence-electron chi connectivity index (χ0n) is 25.7. The van der Waals surface area contributed by atoms with E-state index in [-0.39, 0.29) is 36.8 Å². The molecular weight excluding hydrogens is 568 g/mol. The van der Waals surface area contributed by atoms with E-state index in [0.717, 1.165) is 45.3 Å². The topological polar surface area (TPSA) is 96.2 Å². The third kappa shape index (κ3) is 7.89. The lowest BCUT2D eigenvalue weighted by atomic mass is 9.88. The Morgan fingerprint density at radius 3 is 2.22 bits per heavy atom. The first kappa shape index (κ1) is 31.7. The van der Waals surface area contributed by atoms with Crippen molar-refractivity contribution in [2.24, 2.45) is 5.92 Å². The number of rotatable bonds is 10. The molecule has 5 rings (SSSR count). The summed E-state index contributed by atoms with van der Waals surface area (Å²) in [7, 11) is 1.93. The zero-order valence-corrected chi connectivity index (χ0v) is 25.7. The summed E-state index contributed by atoms with van der Waals surface area (Å²) in [6, 6.07) is 26.2. The molecule has 3 aromatic carbocycles. The molecule has 1 aliphatic carbocycles. The van der Waals surface area contributed by atoms with Gasteiger partial charge in [0.2, 0.25) is 0 Å². The smallest absolute Gasteiger partial charge is 0.411 e. The number of nitrogens with zero attached hydrogens (tertiary/aromatic N) is 4. The molecule has 0 bridgehead atoms. The number of hydrogen-bond acceptors (Lipinski definition) is 6. The van der Waals surface area contributed by atoms with Crippen molar-refractivity contribution in [1.82, 2.24) is 14.7 Å². The van der Waals surface area contributed by atoms with Crippen molar-refractivity contribution in [1.29, 1.82) is 0 Å². The normalized spacial score (nSPS) is 20.2. The number of benzene rings is 3. The molecule has 2 amide bonds. The van der Waals surface area contributed by atoms with E-state index >= 15 is 0 Å². The van der Waals surface area contributed by atoms with Gasteiger partial charge in [-0.05, 0) is 72.9 Å². The standard InChI is InChI=1S/C36H40N4O5/c1-3-20-39(36(42)45-26-27-14-16-32(17-15-27)40(43)44)31-18-21-38(22-19-31)25-30-23-33(24-34(30)28-10-6-4-7-11-28)37(2)35(41)29-12-8-5-9-13-29/h1,4-17,30-31,33-34H,18-26H2,2H3. The van der Waals surface area contributed by atoms with Gasteiger partial charge in [0.1, 0.15) is 6.61 Å². The second-order valence-electron chi connectivity index (χ2n) is 12.0. The van der Waals surface area contributed by atoms with Gasteiger partial charge in [0.15, 0.2) is 0 Å². The van der Waals surface area contributed by atoms with E-state index in [4.69, 9.17) is 11.2 Å². The molecule has 1 saturated heterocycles. The Morgan fingerprint density at radius 2 is 1.60 bits per heavy atom. The summed E-state index contributed by atoms with van der Waals surface area (Å²) in [4.78, 5) is 42.8. The highest BCUT2D eigenvalue weighted by atomic mass is 16.6. The number of terminal acetylenes is 1. The molecule has 9 heteroatoms. The van der Waals surface area contributed by atoms with Crippen LogP contribution in [0.4, 0.5) is 10.5 Å². The number of nitro groups is 1. The number of nitro benzene ring substituents is 1. The Bertz CT molecular complexity index is 1480. The van der Waals surface area contributed by atoms with Crippen LogP contribution in [0, 0.1) is 28.4 Å². The molecule has 9 nitrogen and oxygen atoms in total. The number of ether oxygens (including phenoxy) is 1. The van der Waals surface area contributed by atoms with Gasteiger partial charge < -0.3 is 14.5 Å². The Kier molecular flexibility index (Phi) is 10.5. The molecule has 0 aromatic heterocycles. The molecular formula is C36H40N4O5. The number of non-ortho nitro benzene ring substituents is 1. The van der Waals surface area contributed by atoms with Crippen LogP contribution >= 0.6 is 0 Å². The highest BCUT2D eigenvalue weighted by Gasteiger charge is 2.40. The fourth-order valence-corrected chi connectivity index (χ4v) is 6.80. The summed E-state index contributed by atoms with van der Waals surface area (Å²) in [5.74, 6) is 3.41. The largest absolute Gasteiger partial charge is 0.445 e. The fourth-order valence-electron chi connectivity index (χ4n) is 6.80. The molecule has 1 aliphatic heterocycles. The minimum atomic E-state index is -0.473. The van der Waals surface area contributed by atoms with Crippen LogP contribution in [0.15, 0.2) is 84.9 Å². The molecule has 0 N–H and O–H groups in total. The third-order valence-electron chi connectivity index (χ3n) is 9.28. The van der Waals surface area contributed by atoms with E-state index in [1.54, 1.807) is 17.0 Å². The minimum absolute atomic E-state index is 0.0123. The summed E-state index contributed by atoms with van der Waals surface area (Å²) in [6.45, 7) is 2.77. The third-order valence-corrected chi connectivity index (χ3v) is 9.28. The van der Waals surface area contributed by atoms with Crippen LogP contribution in [0.25, 0.3) is 0 Å². The van der Waals surface area contributed by atoms with Crippen molar-refractivity contribution in [3.05, 3.63) is 112 Å². The van der Waals surface area contributed by atoms with Crippen molar-refractivity contribution < 1.29 is 19.2 Å². The first-order chi connectivity index (χ1) is 21.8. The van der Waals surface area contributed by atoms with Crippen LogP contribution < -0.4 is 0 Å². The zero-order chi connectivity index (χ0) is 31.8. The van der Waals surface area contributed by atoms with Gasteiger partial charge in [0.05, 0.1) is 11.5 Å². The molecule has 2 fully saturated rings. The number of piperidine rings is 1. The predicted molar refractivity (Wildman–Crippen MR) is 173 cm³/mol. The molecule has 1 saturated carbocycles. The summed E-state index contributed by atoms with van der Waals surface area (Å²) in [6.07, 6.45) is 8.59. The molecule has 3 unspecified atom stereocenters. The average molecular weight is 609 g/mol. The SMILES string of the molecule is C#CCN(C(=O)OCc1ccc([N+](=O)[O-])cc1)C1CCN(CC2CC(N(C)C(=O)c3ccccc3)CC2c2ccccc2)CC1. The lowest BCUT2D eigenvalue weighted by Crippen LogP contribution is -2.48. The highest BCUT2D eigenvalue weighted by molar-refractivity contribution is 5.94. The van der Waals surface area contributed by atoms with Crippen LogP contribution in [-0.2, 0) is 11.3 Å². The van der Waals surface area contributed by atoms with Gasteiger partial charge in [0, 0.05) is 56.5 Å². The van der Waals surface area contributed by atoms with Gasteiger partial charge in [-0.15, -0.1) is 6.42 Å². The Hall–Kier alpha value is -4.68. The molecule has 2 aliphatic rings. The van der Waals surface area contributed by atoms with E-state index in [2.05, 4.69) is 35.1 Å². The molecule has 234 valence electrons. The molecule has 0 radical (unpaired) electrons. The van der Waals surface area contributed by atoms with E-state index < -0.39 is 11.0 Å². The van der Waals surface area contributed by atoms with E-state index in [1.165, 1.54) is 17.7 Å². The van der Waals surface area contributed by atoms with Gasteiger partial charge in [-0.1, -0.05) is 54.5 Å². The van der Waals surface area contributed by atoms with Crippen LogP contribution in [0.5, 0.6) is 0 Å². The quantitative estimate of drug-likeness (QED) is 0.160. The van der Waals surface area contributed by atoms with E-state index in [1.807, 2.05) is 48.3 Å². The second kappa shape index (κ2) is 14.9. The second-order valence-corrected chi connectivity index (χ2v) is 12.0. The van der Waals surface area contributed by atoms with Crippen molar-refractivity contribution in [2.75, 3.05) is 33.2 Å². The van der Waals surface area contributed by atoms with Gasteiger partial charge in [0.25, 0.3) is 11.6 Å². The van der Waals surface area contributed by atoms with Gasteiger partial charge in [-0.3, -0.25) is 19.8 Å². The minimum Gasteiger partial charge on any atom is -0.445 e. The maximum absolute atomic E-state index is 13.3. The Morgan fingerprint density at radius 1 is 0.956 bits per heavy atom. The van der Waals surface area contributed by atoms with Gasteiger partial charge in [-0.2, -0.15) is 0 Å². The van der Waals surface area contributed by atoms with Gasteiger partial charge >= 0.3 is 6.09 Å². The van der Waals surface area contributed by atoms with Crippen molar-refractivity contribution in [3.8, 4) is 12.3 Å². The average Bonchev–Trinajstić information content (AvgIpc) is 3.50. The maximum Gasteiger partial charge on any atom is 0.411 e. The first-order valence-electron chi connectivity index (χ1n) is 15.5. The highest BCUT2D eigenvalue weighted by Crippen LogP contribution is 2.42. The maximum atomic E-state index is 13.3. The van der Waals surface area contributed by atoms with Crippen LogP contribution in [0.3, 0.4) is 0 Å². The predicted octanol–water partition coefficient (Wildman–Crippen LogP) is 5.97. The van der Waals surface area contributed by atoms with Crippen molar-refractivity contribution in [3.63, 3.8) is 0 Å². The molecule has 1 heterocycles. The fraction of sp³-hybridized carbons (Fsp3) is 0.389. The van der Waals surface area contributed by atoms with Crippen LogP contribution in [0.2, 0.25) is 0 Å². The molecule has 0 spiro atoms. The van der Waals surface area contributed by atoms with Crippen molar-refractivity contribution in [2.45, 2.75) is 50.3 Å². The Balaban J connectivity index is 1.18. The number of carbonyl (C=O) groups is 2. The van der Waals surface area contributed by atoms with Crippen LogP contribution in [0.1, 0.15) is 53.1 Å². The molecule has 45 heavy (non-hydrogen) atoms. The lowest BCUT2D eigenvalue weighted by molar-refractivity contribution is -0.384. The van der Waals surface area contributed by atoms with Crippen molar-refractivity contribution >= 4 is 17.7 Å². The number of amides is 2. The molecule has 3 atom stereocenters. The van der Waals surface area contributed by atoms with E-state index in [0.29, 0.717) is 23.0 Å². The summed E-state index contributed by atoms with van der Waals surface area (Å²) < 4.78 is 5.56. The Labute approximate surface area is 264 Å². The summed E-state index contributed by atoms with van der Waals surface area (Å²) in [5, 5.41) is 10.9. The van der Waals surface area contributed by atoms with Gasteiger partial charge in [-0.25, -0.2) is 4.79 Å². The monoisotopic (exact) mass is 608 g/mol.